The summed E-state index contributed by atoms with van der Waals surface area (Å²) in [6, 6.07) is 9.78. The van der Waals surface area contributed by atoms with E-state index in [1.807, 2.05) is 51.1 Å². The molecule has 2 N–H and O–H groups in total. The number of amides is 2. The number of carbonyl (C=O) groups is 2. The van der Waals surface area contributed by atoms with Crippen LogP contribution in [0.25, 0.3) is 21.3 Å². The van der Waals surface area contributed by atoms with Gasteiger partial charge < -0.3 is 20.3 Å². The van der Waals surface area contributed by atoms with Gasteiger partial charge >= 0.3 is 6.09 Å². The van der Waals surface area contributed by atoms with E-state index in [0.29, 0.717) is 43.0 Å². The summed E-state index contributed by atoms with van der Waals surface area (Å²) in [5, 5.41) is 10.6. The lowest BCUT2D eigenvalue weighted by atomic mass is 9.82. The van der Waals surface area contributed by atoms with Crippen LogP contribution in [-0.2, 0) is 4.74 Å². The van der Waals surface area contributed by atoms with E-state index in [-0.39, 0.29) is 12.0 Å². The number of hydrogen-bond acceptors (Lipinski definition) is 6. The quantitative estimate of drug-likeness (QED) is 0.218. The topological polar surface area (TPSA) is 132 Å². The van der Waals surface area contributed by atoms with E-state index in [1.165, 1.54) is 0 Å². The Kier molecular flexibility index (Phi) is 10.1. The molecule has 2 aliphatic rings. The first-order valence-electron chi connectivity index (χ1n) is 14.6. The summed E-state index contributed by atoms with van der Waals surface area (Å²) in [4.78, 5) is 35.4. The van der Waals surface area contributed by atoms with Crippen LogP contribution in [0.15, 0.2) is 35.4 Å². The van der Waals surface area contributed by atoms with E-state index in [0.717, 1.165) is 74.8 Å². The van der Waals surface area contributed by atoms with E-state index in [1.54, 1.807) is 0 Å². The highest BCUT2D eigenvalue weighted by Crippen LogP contribution is 2.30. The second kappa shape index (κ2) is 13.7. The SMILES string of the molecule is CC(C)(C)OC(=O)NCC1CCC(CNC(=O)c2cc(N3CCC(CCN=[N+]=[N-])CC3)nc3ccccc23)CC1. The Labute approximate surface area is 236 Å². The van der Waals surface area contributed by atoms with Crippen molar-refractivity contribution >= 4 is 28.7 Å². The monoisotopic (exact) mass is 549 g/mol. The molecule has 0 spiro atoms. The minimum absolute atomic E-state index is 0.0576. The number of hydrogen-bond donors (Lipinski definition) is 2. The Bertz CT molecular complexity index is 1210. The average Bonchev–Trinajstić information content (AvgIpc) is 2.94. The Morgan fingerprint density at radius 3 is 2.33 bits per heavy atom. The highest BCUT2D eigenvalue weighted by molar-refractivity contribution is 6.07. The van der Waals surface area contributed by atoms with E-state index in [9.17, 15) is 9.59 Å². The van der Waals surface area contributed by atoms with Crippen LogP contribution in [0.3, 0.4) is 0 Å². The number of nitrogens with zero attached hydrogens (tertiary/aromatic N) is 5. The van der Waals surface area contributed by atoms with Gasteiger partial charge in [-0.3, -0.25) is 4.79 Å². The molecule has 2 aromatic rings. The number of nitrogens with one attached hydrogen (secondary N) is 2. The van der Waals surface area contributed by atoms with Crippen LogP contribution in [0.4, 0.5) is 10.6 Å². The summed E-state index contributed by atoms with van der Waals surface area (Å²) in [5.41, 5.74) is 9.53. The number of pyridine rings is 1. The van der Waals surface area contributed by atoms with Gasteiger partial charge in [-0.15, -0.1) is 0 Å². The van der Waals surface area contributed by atoms with Crippen molar-refractivity contribution in [3.8, 4) is 0 Å². The zero-order valence-corrected chi connectivity index (χ0v) is 24.1. The van der Waals surface area contributed by atoms with Crippen molar-refractivity contribution in [3.05, 3.63) is 46.3 Å². The second-order valence-electron chi connectivity index (χ2n) is 12.2. The Morgan fingerprint density at radius 2 is 1.68 bits per heavy atom. The lowest BCUT2D eigenvalue weighted by molar-refractivity contribution is 0.0512. The molecule has 2 fully saturated rings. The van der Waals surface area contributed by atoms with Crippen molar-refractivity contribution in [1.29, 1.82) is 0 Å². The number of piperidine rings is 1. The molecule has 0 atom stereocenters. The van der Waals surface area contributed by atoms with Gasteiger partial charge in [-0.05, 0) is 101 Å². The number of ether oxygens (including phenoxy) is 1. The Morgan fingerprint density at radius 1 is 1.02 bits per heavy atom. The third-order valence-electron chi connectivity index (χ3n) is 8.04. The van der Waals surface area contributed by atoms with Crippen molar-refractivity contribution in [2.45, 2.75) is 71.3 Å². The van der Waals surface area contributed by atoms with Crippen LogP contribution in [0.5, 0.6) is 0 Å². The van der Waals surface area contributed by atoms with Crippen LogP contribution in [0.1, 0.15) is 76.1 Å². The van der Waals surface area contributed by atoms with Crippen molar-refractivity contribution < 1.29 is 14.3 Å². The summed E-state index contributed by atoms with van der Waals surface area (Å²) in [5.74, 6) is 2.20. The second-order valence-corrected chi connectivity index (χ2v) is 12.2. The summed E-state index contributed by atoms with van der Waals surface area (Å²) < 4.78 is 5.34. The maximum Gasteiger partial charge on any atom is 0.407 e. The molecule has 1 aliphatic heterocycles. The van der Waals surface area contributed by atoms with Crippen molar-refractivity contribution in [3.63, 3.8) is 0 Å². The van der Waals surface area contributed by atoms with Gasteiger partial charge in [0.15, 0.2) is 0 Å². The first-order valence-corrected chi connectivity index (χ1v) is 14.6. The van der Waals surface area contributed by atoms with Crippen molar-refractivity contribution in [2.24, 2.45) is 22.9 Å². The predicted octanol–water partition coefficient (Wildman–Crippen LogP) is 6.21. The number of azide groups is 1. The largest absolute Gasteiger partial charge is 0.444 e. The van der Waals surface area contributed by atoms with Gasteiger partial charge in [0.25, 0.3) is 5.91 Å². The first-order chi connectivity index (χ1) is 19.2. The maximum absolute atomic E-state index is 13.4. The molecule has 4 rings (SSSR count). The molecule has 2 heterocycles. The summed E-state index contributed by atoms with van der Waals surface area (Å²) in [6.07, 6.45) is 6.70. The van der Waals surface area contributed by atoms with Crippen LogP contribution in [0, 0.1) is 17.8 Å². The molecule has 1 aromatic carbocycles. The van der Waals surface area contributed by atoms with Crippen LogP contribution < -0.4 is 15.5 Å². The molecule has 0 radical (unpaired) electrons. The van der Waals surface area contributed by atoms with Gasteiger partial charge in [-0.1, -0.05) is 23.3 Å². The predicted molar refractivity (Wildman–Crippen MR) is 157 cm³/mol. The molecule has 10 nitrogen and oxygen atoms in total. The first kappa shape index (κ1) is 29.5. The van der Waals surface area contributed by atoms with Gasteiger partial charge in [0.2, 0.25) is 0 Å². The normalized spacial score (nSPS) is 20.0. The van der Waals surface area contributed by atoms with Gasteiger partial charge in [-0.25, -0.2) is 9.78 Å². The smallest absolute Gasteiger partial charge is 0.407 e. The van der Waals surface area contributed by atoms with Gasteiger partial charge in [0, 0.05) is 43.0 Å². The fourth-order valence-corrected chi connectivity index (χ4v) is 5.76. The number of rotatable bonds is 9. The highest BCUT2D eigenvalue weighted by atomic mass is 16.6. The van der Waals surface area contributed by atoms with Crippen LogP contribution >= 0.6 is 0 Å². The number of carbonyl (C=O) groups excluding carboxylic acids is 2. The lowest BCUT2D eigenvalue weighted by Crippen LogP contribution is -2.37. The number of benzene rings is 1. The standard InChI is InChI=1S/C30H43N7O3/c1-30(2,3)40-29(39)33-20-23-10-8-22(9-11-23)19-32-28(38)25-18-27(35-26-7-5-4-6-24(25)26)37-16-13-21(14-17-37)12-15-34-36-31/h4-7,18,21-23H,8-17,19-20H2,1-3H3,(H,32,38)(H,33,39). The molecule has 1 aliphatic carbocycles. The molecule has 10 heteroatoms. The number of fused-ring (bicyclic) bond motifs is 1. The molecule has 40 heavy (non-hydrogen) atoms. The minimum Gasteiger partial charge on any atom is -0.444 e. The maximum atomic E-state index is 13.4. The lowest BCUT2D eigenvalue weighted by Gasteiger charge is -2.33. The molecule has 1 saturated heterocycles. The average molecular weight is 550 g/mol. The molecule has 216 valence electrons. The summed E-state index contributed by atoms with van der Waals surface area (Å²) in [7, 11) is 0. The number of anilines is 1. The number of para-hydroxylation sites is 1. The molecule has 0 bridgehead atoms. The van der Waals surface area contributed by atoms with E-state index >= 15 is 0 Å². The van der Waals surface area contributed by atoms with E-state index in [4.69, 9.17) is 15.3 Å². The summed E-state index contributed by atoms with van der Waals surface area (Å²) >= 11 is 0. The Hall–Kier alpha value is -3.52. The highest BCUT2D eigenvalue weighted by Gasteiger charge is 2.25. The van der Waals surface area contributed by atoms with E-state index in [2.05, 4.69) is 25.6 Å². The fourth-order valence-electron chi connectivity index (χ4n) is 5.76. The van der Waals surface area contributed by atoms with Crippen LogP contribution in [0.2, 0.25) is 0 Å². The zero-order valence-electron chi connectivity index (χ0n) is 24.1. The molecule has 1 aromatic heterocycles. The molecule has 0 unspecified atom stereocenters. The van der Waals surface area contributed by atoms with Crippen molar-refractivity contribution in [1.82, 2.24) is 15.6 Å². The van der Waals surface area contributed by atoms with Gasteiger partial charge in [-0.2, -0.15) is 0 Å². The van der Waals surface area contributed by atoms with Gasteiger partial charge in [0.1, 0.15) is 11.4 Å². The van der Waals surface area contributed by atoms with Gasteiger partial charge in [0.05, 0.1) is 11.1 Å². The summed E-state index contributed by atoms with van der Waals surface area (Å²) in [6.45, 7) is 9.16. The fraction of sp³-hybridized carbons (Fsp3) is 0.633. The zero-order chi connectivity index (χ0) is 28.5. The van der Waals surface area contributed by atoms with E-state index < -0.39 is 5.60 Å². The molecular formula is C30H43N7O3. The molecular weight excluding hydrogens is 506 g/mol. The third-order valence-corrected chi connectivity index (χ3v) is 8.04. The Balaban J connectivity index is 1.30. The number of aromatic nitrogens is 1. The minimum atomic E-state index is -0.493. The van der Waals surface area contributed by atoms with Crippen molar-refractivity contribution in [2.75, 3.05) is 37.6 Å². The third kappa shape index (κ3) is 8.49. The molecule has 2 amide bonds. The number of alkyl carbamates (subject to hydrolysis) is 1. The molecule has 1 saturated carbocycles. The van der Waals surface area contributed by atoms with Crippen LogP contribution in [-0.4, -0.2) is 55.3 Å².